The van der Waals surface area contributed by atoms with Crippen LogP contribution in [-0.4, -0.2) is 81.3 Å². The molecule has 4 aromatic heterocycles. The van der Waals surface area contributed by atoms with Gasteiger partial charge in [-0.3, -0.25) is 14.0 Å². The van der Waals surface area contributed by atoms with E-state index in [9.17, 15) is 10.1 Å². The minimum atomic E-state index is -0.472. The summed E-state index contributed by atoms with van der Waals surface area (Å²) in [4.78, 5) is 27.4. The molecular formula is C34H42N8O5S. The van der Waals surface area contributed by atoms with E-state index in [1.807, 2.05) is 6.92 Å². The van der Waals surface area contributed by atoms with Crippen LogP contribution in [0, 0.1) is 11.3 Å². The molecule has 0 saturated carbocycles. The largest absolute Gasteiger partial charge is 0.471 e. The first-order valence-corrected chi connectivity index (χ1v) is 17.9. The van der Waals surface area contributed by atoms with Gasteiger partial charge in [-0.2, -0.15) is 10.2 Å². The topological polar surface area (TPSA) is 159 Å². The number of nitriles is 1. The van der Waals surface area contributed by atoms with Gasteiger partial charge in [-0.25, -0.2) is 9.78 Å². The minimum Gasteiger partial charge on any atom is -0.471 e. The van der Waals surface area contributed by atoms with Crippen molar-refractivity contribution >= 4 is 27.5 Å². The van der Waals surface area contributed by atoms with Gasteiger partial charge in [0.25, 0.3) is 0 Å². The van der Waals surface area contributed by atoms with Crippen molar-refractivity contribution < 1.29 is 18.7 Å². The maximum atomic E-state index is 13.9. The average molecular weight is 675 g/mol. The van der Waals surface area contributed by atoms with Crippen LogP contribution in [0.2, 0.25) is 0 Å². The number of aryl methyl sites for hydroxylation is 2. The number of rotatable bonds is 6. The van der Waals surface area contributed by atoms with Crippen LogP contribution in [0.15, 0.2) is 9.32 Å². The Morgan fingerprint density at radius 2 is 1.98 bits per heavy atom. The van der Waals surface area contributed by atoms with Crippen LogP contribution in [0.25, 0.3) is 22.7 Å². The first-order chi connectivity index (χ1) is 23.3. The van der Waals surface area contributed by atoms with Crippen LogP contribution >= 0.6 is 11.3 Å². The molecule has 5 atom stereocenters. The van der Waals surface area contributed by atoms with E-state index < -0.39 is 5.41 Å². The second-order valence-corrected chi connectivity index (χ2v) is 15.0. The molecule has 4 aromatic rings. The van der Waals surface area contributed by atoms with Crippen molar-refractivity contribution in [1.29, 1.82) is 5.26 Å². The molecule has 8 rings (SSSR count). The first-order valence-electron chi connectivity index (χ1n) is 17.0. The van der Waals surface area contributed by atoms with E-state index in [1.54, 1.807) is 23.3 Å². The van der Waals surface area contributed by atoms with Crippen LogP contribution in [0.3, 0.4) is 0 Å². The third-order valence-electron chi connectivity index (χ3n) is 11.2. The highest BCUT2D eigenvalue weighted by molar-refractivity contribution is 7.16. The maximum Gasteiger partial charge on any atom is 0.330 e. The molecule has 48 heavy (non-hydrogen) atoms. The highest BCUT2D eigenvalue weighted by atomic mass is 32.1. The molecule has 2 aliphatic heterocycles. The van der Waals surface area contributed by atoms with Gasteiger partial charge in [-0.05, 0) is 77.3 Å². The lowest BCUT2D eigenvalue weighted by Crippen LogP contribution is -2.45. The summed E-state index contributed by atoms with van der Waals surface area (Å²) in [5.74, 6) is 1.46. The van der Waals surface area contributed by atoms with Crippen LogP contribution in [0.1, 0.15) is 85.2 Å². The molecular weight excluding hydrogens is 632 g/mol. The van der Waals surface area contributed by atoms with Crippen LogP contribution in [0.5, 0.6) is 5.88 Å². The van der Waals surface area contributed by atoms with E-state index in [0.29, 0.717) is 52.3 Å². The first kappa shape index (κ1) is 31.5. The fraction of sp³-hybridized carbons (Fsp3) is 0.618. The van der Waals surface area contributed by atoms with Gasteiger partial charge in [0.15, 0.2) is 28.4 Å². The maximum absolute atomic E-state index is 13.9. The number of nitrogen functional groups attached to an aromatic ring is 1. The Hall–Kier alpha value is -3.77. The Morgan fingerprint density at radius 1 is 1.17 bits per heavy atom. The molecule has 254 valence electrons. The second kappa shape index (κ2) is 12.0. The smallest absolute Gasteiger partial charge is 0.330 e. The van der Waals surface area contributed by atoms with Crippen molar-refractivity contribution in [2.75, 3.05) is 39.6 Å². The normalized spacial score (nSPS) is 26.4. The number of likely N-dealkylation sites (N-methyl/N-ethyl adjacent to an activating group) is 1. The predicted octanol–water partition coefficient (Wildman–Crippen LogP) is 4.10. The lowest BCUT2D eigenvalue weighted by Gasteiger charge is -2.39. The molecule has 2 fully saturated rings. The Bertz CT molecular complexity index is 1980. The third kappa shape index (κ3) is 4.65. The summed E-state index contributed by atoms with van der Waals surface area (Å²) in [5, 5.41) is 15.4. The number of nitrogens with zero attached hydrogens (tertiary/aromatic N) is 7. The molecule has 0 unspecified atom stereocenters. The number of aromatic nitrogens is 5. The van der Waals surface area contributed by atoms with E-state index in [-0.39, 0.29) is 30.0 Å². The molecule has 6 heterocycles. The molecule has 2 N–H and O–H groups in total. The molecule has 2 aliphatic carbocycles. The van der Waals surface area contributed by atoms with E-state index in [4.69, 9.17) is 34.4 Å². The second-order valence-electron chi connectivity index (χ2n) is 13.8. The monoisotopic (exact) mass is 674 g/mol. The third-order valence-corrected chi connectivity index (χ3v) is 12.3. The molecule has 0 bridgehead atoms. The predicted molar refractivity (Wildman–Crippen MR) is 179 cm³/mol. The highest BCUT2D eigenvalue weighted by Crippen LogP contribution is 2.55. The molecule has 4 aliphatic rings. The Kier molecular flexibility index (Phi) is 7.86. The number of likely N-dealkylation sites (tertiary alicyclic amines) is 1. The summed E-state index contributed by atoms with van der Waals surface area (Å²) in [6.45, 7) is 4.03. The van der Waals surface area contributed by atoms with Gasteiger partial charge in [0.1, 0.15) is 17.2 Å². The quantitative estimate of drug-likeness (QED) is 0.314. The summed E-state index contributed by atoms with van der Waals surface area (Å²) in [6, 6.07) is 2.23. The van der Waals surface area contributed by atoms with Gasteiger partial charge in [-0.1, -0.05) is 5.16 Å². The Morgan fingerprint density at radius 3 is 2.73 bits per heavy atom. The van der Waals surface area contributed by atoms with E-state index >= 15 is 0 Å². The molecule has 2 saturated heterocycles. The average Bonchev–Trinajstić information content (AvgIpc) is 3.84. The SMILES string of the molecule is CO[C@H]1CCN(C)[C@@H]1[C@H](C)Oc1nc(-c2noc3c2CCC[C@@]32CCCc3sc(N)c(C#N)c32)nc2c1n(C)c(=O)n2[C@@H]1CCCOC1. The van der Waals surface area contributed by atoms with Gasteiger partial charge >= 0.3 is 5.69 Å². The Balaban J connectivity index is 1.30. The summed E-state index contributed by atoms with van der Waals surface area (Å²) in [5.41, 5.74) is 9.82. The van der Waals surface area contributed by atoms with E-state index in [0.717, 1.165) is 86.1 Å². The van der Waals surface area contributed by atoms with Crippen LogP contribution in [-0.2, 0) is 34.8 Å². The number of anilines is 1. The number of methoxy groups -OCH3 is 1. The van der Waals surface area contributed by atoms with Gasteiger partial charge in [-0.15, -0.1) is 11.3 Å². The van der Waals surface area contributed by atoms with Gasteiger partial charge in [0, 0.05) is 37.7 Å². The number of fused-ring (bicyclic) bond motifs is 5. The van der Waals surface area contributed by atoms with E-state index in [2.05, 4.69) is 23.2 Å². The van der Waals surface area contributed by atoms with Crippen molar-refractivity contribution in [1.82, 2.24) is 29.2 Å². The van der Waals surface area contributed by atoms with Crippen molar-refractivity contribution in [2.24, 2.45) is 7.05 Å². The van der Waals surface area contributed by atoms with Crippen LogP contribution in [0.4, 0.5) is 5.00 Å². The van der Waals surface area contributed by atoms with E-state index in [1.165, 1.54) is 11.3 Å². The van der Waals surface area contributed by atoms with Gasteiger partial charge < -0.3 is 24.5 Å². The number of nitrogens with two attached hydrogens (primary N) is 1. The number of hydrogen-bond acceptors (Lipinski definition) is 12. The number of ether oxygens (including phenoxy) is 3. The van der Waals surface area contributed by atoms with Gasteiger partial charge in [0.05, 0.1) is 35.8 Å². The van der Waals surface area contributed by atoms with Crippen molar-refractivity contribution in [2.45, 2.75) is 94.4 Å². The fourth-order valence-corrected chi connectivity index (χ4v) is 10.2. The van der Waals surface area contributed by atoms with Crippen molar-refractivity contribution in [3.8, 4) is 23.5 Å². The van der Waals surface area contributed by atoms with Crippen LogP contribution < -0.4 is 16.2 Å². The lowest BCUT2D eigenvalue weighted by molar-refractivity contribution is 0.0178. The zero-order chi connectivity index (χ0) is 33.3. The molecule has 1 spiro atoms. The molecule has 13 nitrogen and oxygen atoms in total. The Labute approximate surface area is 282 Å². The summed E-state index contributed by atoms with van der Waals surface area (Å²) in [7, 11) is 5.56. The molecule has 0 aromatic carbocycles. The van der Waals surface area contributed by atoms with Crippen molar-refractivity contribution in [3.05, 3.63) is 37.8 Å². The fourth-order valence-electron chi connectivity index (χ4n) is 8.99. The zero-order valence-corrected chi connectivity index (χ0v) is 28.8. The summed E-state index contributed by atoms with van der Waals surface area (Å²) < 4.78 is 28.0. The number of thiophene rings is 1. The zero-order valence-electron chi connectivity index (χ0n) is 28.0. The summed E-state index contributed by atoms with van der Waals surface area (Å²) >= 11 is 1.52. The minimum absolute atomic E-state index is 0.00173. The standard InChI is InChI=1S/C34H42N8O5S/c1-18(26-22(44-4)11-14-40(26)2)46-32-27-31(42(33(43)41(27)3)19-8-7-15-45-17-19)37-30(38-32)25-20-9-5-12-34(28(20)47-39-25)13-6-10-23-24(34)21(16-35)29(36)48-23/h18-19,22,26H,5-15,17,36H2,1-4H3/t18-,19+,22-,26+,34-/m0/s1. The molecule has 0 amide bonds. The summed E-state index contributed by atoms with van der Waals surface area (Å²) in [6.07, 6.45) is 7.51. The highest BCUT2D eigenvalue weighted by Gasteiger charge is 2.49. The molecule has 0 radical (unpaired) electrons. The number of imidazole rings is 1. The van der Waals surface area contributed by atoms with Crippen molar-refractivity contribution in [3.63, 3.8) is 0 Å². The molecule has 14 heteroatoms. The number of hydrogen-bond donors (Lipinski definition) is 1. The van der Waals surface area contributed by atoms with Gasteiger partial charge in [0.2, 0.25) is 5.88 Å². The lowest BCUT2D eigenvalue weighted by atomic mass is 9.63.